The average Bonchev–Trinajstić information content (AvgIpc) is 3.72. The molecule has 0 saturated heterocycles. The highest BCUT2D eigenvalue weighted by Gasteiger charge is 2.18. The summed E-state index contributed by atoms with van der Waals surface area (Å²) in [5.74, 6) is 0. The number of rotatable bonds is 4. The minimum Gasteiger partial charge on any atom is -0.309 e. The highest BCUT2D eigenvalue weighted by atomic mass is 32.1. The van der Waals surface area contributed by atoms with Crippen molar-refractivity contribution in [2.45, 2.75) is 0 Å². The van der Waals surface area contributed by atoms with Crippen molar-refractivity contribution >= 4 is 64.1 Å². The predicted octanol–water partition coefficient (Wildman–Crippen LogP) is 13.3. The molecule has 0 aliphatic heterocycles. The fourth-order valence-electron chi connectivity index (χ4n) is 7.48. The Hall–Kier alpha value is -5.96. The van der Waals surface area contributed by atoms with Crippen LogP contribution in [0.5, 0.6) is 0 Å². The Balaban J connectivity index is 1.15. The summed E-state index contributed by atoms with van der Waals surface area (Å²) < 4.78 is 5.16. The van der Waals surface area contributed by atoms with Crippen LogP contribution in [0, 0.1) is 0 Å². The van der Waals surface area contributed by atoms with Gasteiger partial charge in [-0.3, -0.25) is 0 Å². The number of nitrogens with zero attached hydrogens (tertiary/aromatic N) is 1. The zero-order chi connectivity index (χ0) is 31.6. The van der Waals surface area contributed by atoms with Gasteiger partial charge in [0.05, 0.1) is 11.0 Å². The van der Waals surface area contributed by atoms with E-state index in [2.05, 4.69) is 180 Å². The second kappa shape index (κ2) is 10.8. The van der Waals surface area contributed by atoms with Crippen LogP contribution in [0.25, 0.3) is 91.8 Å². The minimum absolute atomic E-state index is 1.17. The Bertz CT molecular complexity index is 2750. The number of hydrogen-bond donors (Lipinski definition) is 0. The first kappa shape index (κ1) is 27.2. The van der Waals surface area contributed by atoms with E-state index in [-0.39, 0.29) is 0 Å². The number of aromatic nitrogens is 1. The molecule has 10 aromatic rings. The zero-order valence-electron chi connectivity index (χ0n) is 26.1. The van der Waals surface area contributed by atoms with Crippen LogP contribution in [0.1, 0.15) is 0 Å². The topological polar surface area (TPSA) is 4.93 Å². The van der Waals surface area contributed by atoms with Gasteiger partial charge >= 0.3 is 0 Å². The first-order valence-electron chi connectivity index (χ1n) is 16.4. The largest absolute Gasteiger partial charge is 0.309 e. The van der Waals surface area contributed by atoms with Crippen molar-refractivity contribution in [2.75, 3.05) is 0 Å². The second-order valence-electron chi connectivity index (χ2n) is 12.5. The average molecular weight is 628 g/mol. The summed E-state index contributed by atoms with van der Waals surface area (Å²) in [6.07, 6.45) is 0. The van der Waals surface area contributed by atoms with Crippen LogP contribution in [0.4, 0.5) is 0 Å². The third-order valence-electron chi connectivity index (χ3n) is 9.77. The van der Waals surface area contributed by atoms with Gasteiger partial charge in [-0.15, -0.1) is 11.3 Å². The maximum atomic E-state index is 2.44. The van der Waals surface area contributed by atoms with Crippen LogP contribution in [-0.2, 0) is 0 Å². The highest BCUT2D eigenvalue weighted by molar-refractivity contribution is 7.27. The monoisotopic (exact) mass is 627 g/mol. The van der Waals surface area contributed by atoms with E-state index in [4.69, 9.17) is 0 Å². The van der Waals surface area contributed by atoms with E-state index in [9.17, 15) is 0 Å². The van der Waals surface area contributed by atoms with Crippen LogP contribution >= 0.6 is 11.3 Å². The van der Waals surface area contributed by atoms with Crippen molar-refractivity contribution in [2.24, 2.45) is 0 Å². The maximum absolute atomic E-state index is 2.44. The number of thiophene rings is 1. The molecular formula is C46H29NS. The zero-order valence-corrected chi connectivity index (χ0v) is 26.9. The molecule has 0 saturated carbocycles. The summed E-state index contributed by atoms with van der Waals surface area (Å²) >= 11 is 1.93. The van der Waals surface area contributed by atoms with E-state index in [0.29, 0.717) is 0 Å². The fraction of sp³-hybridized carbons (Fsp3) is 0. The Kier molecular flexibility index (Phi) is 6.12. The molecule has 224 valence electrons. The van der Waals surface area contributed by atoms with E-state index < -0.39 is 0 Å². The van der Waals surface area contributed by atoms with Gasteiger partial charge in [0.25, 0.3) is 0 Å². The summed E-state index contributed by atoms with van der Waals surface area (Å²) in [7, 11) is 0. The number of benzene rings is 8. The molecule has 48 heavy (non-hydrogen) atoms. The van der Waals surface area contributed by atoms with E-state index in [1.54, 1.807) is 0 Å². The molecule has 0 radical (unpaired) electrons. The third kappa shape index (κ3) is 4.24. The third-order valence-corrected chi connectivity index (χ3v) is 11.0. The standard InChI is InChI=1S/C46H29NS/c1-3-11-30(12-4-1)34-27-35(31-13-5-2-6-14-31)29-36(28-34)32-19-22-37(23-20-32)47-42-18-10-9-17-41(42)44-43(47)26-25-40-39-24-21-33-15-7-8-16-38(33)45(39)48-46(40)44/h1-29H. The van der Waals surface area contributed by atoms with E-state index in [1.807, 2.05) is 11.3 Å². The molecule has 0 N–H and O–H groups in total. The van der Waals surface area contributed by atoms with Gasteiger partial charge in [0.15, 0.2) is 0 Å². The molecular weight excluding hydrogens is 599 g/mol. The lowest BCUT2D eigenvalue weighted by Gasteiger charge is -2.13. The molecule has 0 spiro atoms. The van der Waals surface area contributed by atoms with Gasteiger partial charge in [-0.2, -0.15) is 0 Å². The van der Waals surface area contributed by atoms with Crippen molar-refractivity contribution in [1.29, 1.82) is 0 Å². The van der Waals surface area contributed by atoms with Gasteiger partial charge < -0.3 is 4.57 Å². The van der Waals surface area contributed by atoms with Crippen LogP contribution in [0.15, 0.2) is 176 Å². The van der Waals surface area contributed by atoms with E-state index in [0.717, 1.165) is 0 Å². The first-order chi connectivity index (χ1) is 23.8. The van der Waals surface area contributed by atoms with Gasteiger partial charge in [0, 0.05) is 36.6 Å². The number of hydrogen-bond acceptors (Lipinski definition) is 1. The van der Waals surface area contributed by atoms with E-state index >= 15 is 0 Å². The van der Waals surface area contributed by atoms with Gasteiger partial charge in [-0.05, 0) is 86.6 Å². The summed E-state index contributed by atoms with van der Waals surface area (Å²) in [6, 6.07) is 64.2. The van der Waals surface area contributed by atoms with Crippen LogP contribution in [0.3, 0.4) is 0 Å². The maximum Gasteiger partial charge on any atom is 0.0555 e. The van der Waals surface area contributed by atoms with Gasteiger partial charge in [-0.25, -0.2) is 0 Å². The lowest BCUT2D eigenvalue weighted by Crippen LogP contribution is -1.93. The van der Waals surface area contributed by atoms with Crippen LogP contribution in [0.2, 0.25) is 0 Å². The molecule has 2 heterocycles. The molecule has 0 bridgehead atoms. The quantitative estimate of drug-likeness (QED) is 0.183. The molecule has 10 rings (SSSR count). The smallest absolute Gasteiger partial charge is 0.0555 e. The normalized spacial score (nSPS) is 11.8. The molecule has 1 nitrogen and oxygen atoms in total. The van der Waals surface area contributed by atoms with Gasteiger partial charge in [0.1, 0.15) is 0 Å². The van der Waals surface area contributed by atoms with Crippen molar-refractivity contribution in [3.63, 3.8) is 0 Å². The van der Waals surface area contributed by atoms with Crippen molar-refractivity contribution < 1.29 is 0 Å². The van der Waals surface area contributed by atoms with Gasteiger partial charge in [0.2, 0.25) is 0 Å². The summed E-state index contributed by atoms with van der Waals surface area (Å²) in [5, 5.41) is 7.92. The Morgan fingerprint density at radius 1 is 0.333 bits per heavy atom. The molecule has 0 fully saturated rings. The van der Waals surface area contributed by atoms with Crippen molar-refractivity contribution in [1.82, 2.24) is 4.57 Å². The molecule has 0 aliphatic carbocycles. The second-order valence-corrected chi connectivity index (χ2v) is 13.6. The Labute approximate surface area is 282 Å². The summed E-state index contributed by atoms with van der Waals surface area (Å²) in [4.78, 5) is 0. The Morgan fingerprint density at radius 2 is 0.875 bits per heavy atom. The van der Waals surface area contributed by atoms with E-state index in [1.165, 1.54) is 91.8 Å². The molecule has 0 unspecified atom stereocenters. The molecule has 0 aliphatic rings. The summed E-state index contributed by atoms with van der Waals surface area (Å²) in [5.41, 5.74) is 10.9. The fourth-order valence-corrected chi connectivity index (χ4v) is 8.88. The summed E-state index contributed by atoms with van der Waals surface area (Å²) in [6.45, 7) is 0. The van der Waals surface area contributed by atoms with Crippen LogP contribution in [-0.4, -0.2) is 4.57 Å². The number of fused-ring (bicyclic) bond motifs is 9. The molecule has 0 atom stereocenters. The predicted molar refractivity (Wildman–Crippen MR) is 207 cm³/mol. The van der Waals surface area contributed by atoms with Gasteiger partial charge in [-0.1, -0.05) is 133 Å². The lowest BCUT2D eigenvalue weighted by molar-refractivity contribution is 1.18. The van der Waals surface area contributed by atoms with Crippen LogP contribution < -0.4 is 0 Å². The van der Waals surface area contributed by atoms with Crippen molar-refractivity contribution in [3.05, 3.63) is 176 Å². The molecule has 8 aromatic carbocycles. The lowest BCUT2D eigenvalue weighted by atomic mass is 9.93. The highest BCUT2D eigenvalue weighted by Crippen LogP contribution is 2.45. The SMILES string of the molecule is c1ccc(-c2cc(-c3ccccc3)cc(-c3ccc(-n4c5ccccc5c5c6sc7c8ccccc8ccc7c6ccc54)cc3)c2)cc1. The Morgan fingerprint density at radius 3 is 1.56 bits per heavy atom. The minimum atomic E-state index is 1.17. The molecule has 2 heteroatoms. The number of para-hydroxylation sites is 1. The molecule has 2 aromatic heterocycles. The first-order valence-corrected chi connectivity index (χ1v) is 17.2. The van der Waals surface area contributed by atoms with Crippen molar-refractivity contribution in [3.8, 4) is 39.1 Å². The molecule has 0 amide bonds.